The molecular formula is C18H25N5O4S. The number of aromatic nitrogens is 3. The molecule has 1 amide bonds. The summed E-state index contributed by atoms with van der Waals surface area (Å²) in [6.45, 7) is 3.63. The van der Waals surface area contributed by atoms with Gasteiger partial charge in [0.15, 0.2) is 5.69 Å². The van der Waals surface area contributed by atoms with Gasteiger partial charge in [-0.3, -0.25) is 4.79 Å². The number of fused-ring (bicyclic) bond motifs is 1. The summed E-state index contributed by atoms with van der Waals surface area (Å²) in [7, 11) is -1.62. The van der Waals surface area contributed by atoms with Crippen LogP contribution < -0.4 is 5.32 Å². The average Bonchev–Trinajstić information content (AvgIpc) is 3.04. The van der Waals surface area contributed by atoms with Crippen LogP contribution in [0.3, 0.4) is 0 Å². The monoisotopic (exact) mass is 407 g/mol. The molecule has 1 aromatic carbocycles. The van der Waals surface area contributed by atoms with E-state index in [1.165, 1.54) is 10.6 Å². The van der Waals surface area contributed by atoms with Crippen molar-refractivity contribution in [1.82, 2.24) is 24.6 Å². The van der Waals surface area contributed by atoms with Gasteiger partial charge in [0.2, 0.25) is 10.0 Å². The molecule has 0 radical (unpaired) electrons. The maximum atomic E-state index is 12.4. The second kappa shape index (κ2) is 8.38. The molecule has 0 unspecified atom stereocenters. The molecule has 1 aliphatic heterocycles. The highest BCUT2D eigenvalue weighted by atomic mass is 32.2. The van der Waals surface area contributed by atoms with E-state index in [-0.39, 0.29) is 11.6 Å². The number of nitrogens with zero attached hydrogens (tertiary/aromatic N) is 4. The molecule has 9 nitrogen and oxygen atoms in total. The van der Waals surface area contributed by atoms with E-state index in [1.54, 1.807) is 18.7 Å². The minimum Gasteiger partial charge on any atom is -0.385 e. The number of rotatable bonds is 7. The van der Waals surface area contributed by atoms with Crippen LogP contribution in [-0.4, -0.2) is 66.7 Å². The number of hydrogen-bond acceptors (Lipinski definition) is 6. The van der Waals surface area contributed by atoms with Crippen LogP contribution in [0.4, 0.5) is 0 Å². The van der Waals surface area contributed by atoms with Gasteiger partial charge in [-0.2, -0.15) is 4.31 Å². The van der Waals surface area contributed by atoms with E-state index in [9.17, 15) is 13.2 Å². The predicted molar refractivity (Wildman–Crippen MR) is 104 cm³/mol. The van der Waals surface area contributed by atoms with Gasteiger partial charge in [0.05, 0.1) is 17.6 Å². The Bertz CT molecular complexity index is 970. The molecular weight excluding hydrogens is 382 g/mol. The predicted octanol–water partition coefficient (Wildman–Crippen LogP) is 0.660. The molecule has 28 heavy (non-hydrogen) atoms. The van der Waals surface area contributed by atoms with Gasteiger partial charge in [-0.15, -0.1) is 5.10 Å². The molecule has 0 fully saturated rings. The summed E-state index contributed by atoms with van der Waals surface area (Å²) in [5.41, 5.74) is 3.72. The first-order valence-electron chi connectivity index (χ1n) is 9.08. The number of carbonyl (C=O) groups is 1. The van der Waals surface area contributed by atoms with Gasteiger partial charge >= 0.3 is 0 Å². The average molecular weight is 407 g/mol. The number of hydrogen-bond donors (Lipinski definition) is 1. The molecule has 0 spiro atoms. The van der Waals surface area contributed by atoms with Gasteiger partial charge in [0.1, 0.15) is 0 Å². The summed E-state index contributed by atoms with van der Waals surface area (Å²) < 4.78 is 31.8. The normalized spacial score (nSPS) is 14.7. The zero-order valence-electron chi connectivity index (χ0n) is 16.3. The molecule has 10 heteroatoms. The zero-order chi connectivity index (χ0) is 20.3. The second-order valence-corrected chi connectivity index (χ2v) is 8.78. The lowest BCUT2D eigenvalue weighted by Gasteiger charge is -2.28. The van der Waals surface area contributed by atoms with Crippen molar-refractivity contribution in [2.75, 3.05) is 33.1 Å². The fourth-order valence-corrected chi connectivity index (χ4v) is 4.11. The van der Waals surface area contributed by atoms with Crippen molar-refractivity contribution >= 4 is 15.9 Å². The third-order valence-corrected chi connectivity index (χ3v) is 6.07. The van der Waals surface area contributed by atoms with E-state index in [0.717, 1.165) is 23.2 Å². The Morgan fingerprint density at radius 3 is 2.86 bits per heavy atom. The van der Waals surface area contributed by atoms with Crippen molar-refractivity contribution in [1.29, 1.82) is 0 Å². The number of sulfonamides is 1. The van der Waals surface area contributed by atoms with Crippen LogP contribution in [-0.2, 0) is 27.7 Å². The van der Waals surface area contributed by atoms with E-state index >= 15 is 0 Å². The fraction of sp³-hybridized carbons (Fsp3) is 0.500. The van der Waals surface area contributed by atoms with Crippen molar-refractivity contribution in [2.24, 2.45) is 0 Å². The Hall–Kier alpha value is -2.30. The summed E-state index contributed by atoms with van der Waals surface area (Å²) in [5, 5.41) is 11.1. The van der Waals surface area contributed by atoms with Crippen LogP contribution in [0.5, 0.6) is 0 Å². The number of carbonyl (C=O) groups excluding carboxylic acids is 1. The Balaban J connectivity index is 1.84. The first-order chi connectivity index (χ1) is 13.3. The molecule has 1 aromatic heterocycles. The third-order valence-electron chi connectivity index (χ3n) is 4.82. The standard InChI is InChI=1S/C18H25N5O4S/c1-13-17(18(24)19-9-5-11-27-2)20-21-23(13)16-7-4-6-14-12-22(28(3,25)26)10-8-15(14)16/h4,6-7H,5,8-12H2,1-3H3,(H,19,24). The molecule has 0 saturated carbocycles. The van der Waals surface area contributed by atoms with Crippen LogP contribution in [0.15, 0.2) is 18.2 Å². The van der Waals surface area contributed by atoms with E-state index < -0.39 is 10.0 Å². The topological polar surface area (TPSA) is 106 Å². The van der Waals surface area contributed by atoms with Gasteiger partial charge < -0.3 is 10.1 Å². The highest BCUT2D eigenvalue weighted by molar-refractivity contribution is 7.88. The van der Waals surface area contributed by atoms with Gasteiger partial charge in [0, 0.05) is 33.4 Å². The number of ether oxygens (including phenoxy) is 1. The van der Waals surface area contributed by atoms with Gasteiger partial charge in [-0.05, 0) is 37.0 Å². The minimum absolute atomic E-state index is 0.270. The minimum atomic E-state index is -3.24. The summed E-state index contributed by atoms with van der Waals surface area (Å²) in [6, 6.07) is 5.70. The smallest absolute Gasteiger partial charge is 0.273 e. The van der Waals surface area contributed by atoms with Gasteiger partial charge in [0.25, 0.3) is 5.91 Å². The largest absolute Gasteiger partial charge is 0.385 e. The molecule has 152 valence electrons. The lowest BCUT2D eigenvalue weighted by Crippen LogP contribution is -2.35. The van der Waals surface area contributed by atoms with Crippen molar-refractivity contribution in [3.8, 4) is 5.69 Å². The van der Waals surface area contributed by atoms with Crippen molar-refractivity contribution in [3.05, 3.63) is 40.7 Å². The highest BCUT2D eigenvalue weighted by Gasteiger charge is 2.26. The van der Waals surface area contributed by atoms with Crippen molar-refractivity contribution in [3.63, 3.8) is 0 Å². The maximum absolute atomic E-state index is 12.4. The lowest BCUT2D eigenvalue weighted by atomic mass is 9.99. The Morgan fingerprint density at radius 1 is 1.36 bits per heavy atom. The van der Waals surface area contributed by atoms with Crippen LogP contribution >= 0.6 is 0 Å². The first-order valence-corrected chi connectivity index (χ1v) is 10.9. The van der Waals surface area contributed by atoms with Gasteiger partial charge in [-0.1, -0.05) is 17.3 Å². The molecule has 2 aromatic rings. The molecule has 0 aliphatic carbocycles. The zero-order valence-corrected chi connectivity index (χ0v) is 17.1. The Kier molecular flexibility index (Phi) is 6.11. The molecule has 1 aliphatic rings. The number of methoxy groups -OCH3 is 1. The fourth-order valence-electron chi connectivity index (χ4n) is 3.31. The summed E-state index contributed by atoms with van der Waals surface area (Å²) in [5.74, 6) is -0.270. The number of amides is 1. The Labute approximate surface area is 164 Å². The highest BCUT2D eigenvalue weighted by Crippen LogP contribution is 2.27. The first kappa shape index (κ1) is 20.4. The molecule has 1 N–H and O–H groups in total. The molecule has 2 heterocycles. The van der Waals surface area contributed by atoms with E-state index in [1.807, 2.05) is 18.2 Å². The second-order valence-electron chi connectivity index (χ2n) is 6.80. The van der Waals surface area contributed by atoms with Crippen molar-refractivity contribution in [2.45, 2.75) is 26.3 Å². The molecule has 0 atom stereocenters. The quantitative estimate of drug-likeness (QED) is 0.676. The summed E-state index contributed by atoms with van der Waals surface area (Å²) in [4.78, 5) is 12.4. The van der Waals surface area contributed by atoms with Crippen LogP contribution in [0.1, 0.15) is 33.7 Å². The maximum Gasteiger partial charge on any atom is 0.273 e. The summed E-state index contributed by atoms with van der Waals surface area (Å²) >= 11 is 0. The van der Waals surface area contributed by atoms with Crippen LogP contribution in [0, 0.1) is 6.92 Å². The van der Waals surface area contributed by atoms with E-state index in [0.29, 0.717) is 38.4 Å². The van der Waals surface area contributed by atoms with E-state index in [2.05, 4.69) is 15.6 Å². The SMILES string of the molecule is COCCCNC(=O)c1nnn(-c2cccc3c2CCN(S(C)(=O)=O)C3)c1C. The number of benzene rings is 1. The van der Waals surface area contributed by atoms with Gasteiger partial charge in [-0.25, -0.2) is 13.1 Å². The van der Waals surface area contributed by atoms with E-state index in [4.69, 9.17) is 4.74 Å². The van der Waals surface area contributed by atoms with Crippen molar-refractivity contribution < 1.29 is 17.9 Å². The Morgan fingerprint density at radius 2 is 2.14 bits per heavy atom. The van der Waals surface area contributed by atoms with Crippen LogP contribution in [0.2, 0.25) is 0 Å². The molecule has 0 bridgehead atoms. The lowest BCUT2D eigenvalue weighted by molar-refractivity contribution is 0.0943. The molecule has 3 rings (SSSR count). The molecule has 0 saturated heterocycles. The number of nitrogens with one attached hydrogen (secondary N) is 1. The third kappa shape index (κ3) is 4.23. The summed E-state index contributed by atoms with van der Waals surface area (Å²) in [6.07, 6.45) is 2.52. The van der Waals surface area contributed by atoms with Crippen LogP contribution in [0.25, 0.3) is 5.69 Å².